The number of carbonyl (C=O) groups excluding carboxylic acids is 2. The number of hydrogen-bond donors (Lipinski definition) is 1. The maximum atomic E-state index is 12.0. The molecule has 0 atom stereocenters. The van der Waals surface area contributed by atoms with Gasteiger partial charge >= 0.3 is 0 Å². The lowest BCUT2D eigenvalue weighted by Crippen LogP contribution is -2.48. The van der Waals surface area contributed by atoms with Gasteiger partial charge in [-0.15, -0.1) is 0 Å². The van der Waals surface area contributed by atoms with Crippen LogP contribution in [-0.4, -0.2) is 57.3 Å². The quantitative estimate of drug-likeness (QED) is 0.421. The first kappa shape index (κ1) is 22.7. The van der Waals surface area contributed by atoms with Gasteiger partial charge in [-0.3, -0.25) is 14.0 Å². The van der Waals surface area contributed by atoms with Crippen molar-refractivity contribution in [2.75, 3.05) is 36.4 Å². The normalized spacial score (nSPS) is 15.3. The molecular weight excluding hydrogens is 520 g/mol. The van der Waals surface area contributed by atoms with Crippen molar-refractivity contribution >= 4 is 44.9 Å². The number of imidazole rings is 1. The first-order valence-electron chi connectivity index (χ1n) is 12.0. The Kier molecular flexibility index (Phi) is 5.72. The van der Waals surface area contributed by atoms with E-state index in [0.717, 1.165) is 44.3 Å². The minimum Gasteiger partial charge on any atom is -0.350 e. The Hall–Kier alpha value is -3.72. The Labute approximate surface area is 217 Å². The first-order valence-corrected chi connectivity index (χ1v) is 12.8. The van der Waals surface area contributed by atoms with E-state index in [1.54, 1.807) is 6.92 Å². The summed E-state index contributed by atoms with van der Waals surface area (Å²) in [4.78, 5) is 37.8. The molecule has 9 heteroatoms. The number of amides is 2. The molecule has 1 saturated heterocycles. The fourth-order valence-electron chi connectivity index (χ4n) is 5.09. The van der Waals surface area contributed by atoms with Crippen LogP contribution in [0.1, 0.15) is 23.7 Å². The standard InChI is InChI=1S/C27H25BrN6O2/c1-17(35)32-9-11-33(12-10-32)26-27-31-22(13-18-5-3-2-4-6-18)25(34(27)23(28)16-29-26)19-7-8-21-20(14-19)15-24(36)30-21/h2-8,14,16H,9-13,15H2,1H3,(H,30,36). The zero-order chi connectivity index (χ0) is 24.8. The fourth-order valence-corrected chi connectivity index (χ4v) is 5.54. The molecule has 1 fully saturated rings. The summed E-state index contributed by atoms with van der Waals surface area (Å²) >= 11 is 3.73. The molecule has 36 heavy (non-hydrogen) atoms. The van der Waals surface area contributed by atoms with Crippen LogP contribution in [0.25, 0.3) is 16.9 Å². The number of nitrogens with zero attached hydrogens (tertiary/aromatic N) is 5. The van der Waals surface area contributed by atoms with Gasteiger partial charge in [0.2, 0.25) is 11.8 Å². The van der Waals surface area contributed by atoms with Crippen molar-refractivity contribution in [2.45, 2.75) is 19.8 Å². The Balaban J connectivity index is 1.50. The molecule has 0 unspecified atom stereocenters. The second-order valence-electron chi connectivity index (χ2n) is 9.22. The summed E-state index contributed by atoms with van der Waals surface area (Å²) < 4.78 is 2.92. The summed E-state index contributed by atoms with van der Waals surface area (Å²) in [6, 6.07) is 16.4. The minimum atomic E-state index is 0.0159. The van der Waals surface area contributed by atoms with E-state index >= 15 is 0 Å². The molecule has 0 bridgehead atoms. The number of carbonyl (C=O) groups is 2. The Morgan fingerprint density at radius 1 is 1.08 bits per heavy atom. The van der Waals surface area contributed by atoms with Crippen molar-refractivity contribution in [1.29, 1.82) is 0 Å². The molecule has 2 amide bonds. The van der Waals surface area contributed by atoms with Crippen molar-refractivity contribution in [2.24, 2.45) is 0 Å². The highest BCUT2D eigenvalue weighted by Crippen LogP contribution is 2.36. The Morgan fingerprint density at radius 3 is 2.61 bits per heavy atom. The number of fused-ring (bicyclic) bond motifs is 2. The van der Waals surface area contributed by atoms with Crippen molar-refractivity contribution < 1.29 is 9.59 Å². The summed E-state index contributed by atoms with van der Waals surface area (Å²) in [6.07, 6.45) is 2.86. The lowest BCUT2D eigenvalue weighted by molar-refractivity contribution is -0.129. The predicted octanol–water partition coefficient (Wildman–Crippen LogP) is 3.91. The van der Waals surface area contributed by atoms with Gasteiger partial charge in [-0.05, 0) is 39.2 Å². The average molecular weight is 545 g/mol. The van der Waals surface area contributed by atoms with Gasteiger partial charge < -0.3 is 15.1 Å². The van der Waals surface area contributed by atoms with E-state index in [1.807, 2.05) is 41.4 Å². The second kappa shape index (κ2) is 9.05. The number of hydrogen-bond acceptors (Lipinski definition) is 5. The molecule has 4 heterocycles. The lowest BCUT2D eigenvalue weighted by Gasteiger charge is -2.34. The fraction of sp³-hybridized carbons (Fsp3) is 0.259. The van der Waals surface area contributed by atoms with Gasteiger partial charge in [-0.1, -0.05) is 36.4 Å². The van der Waals surface area contributed by atoms with Gasteiger partial charge in [0.15, 0.2) is 11.5 Å². The summed E-state index contributed by atoms with van der Waals surface area (Å²) in [7, 11) is 0. The maximum Gasteiger partial charge on any atom is 0.228 e. The number of anilines is 2. The largest absolute Gasteiger partial charge is 0.350 e. The van der Waals surface area contributed by atoms with Crippen LogP contribution in [0.4, 0.5) is 11.5 Å². The van der Waals surface area contributed by atoms with Crippen molar-refractivity contribution in [3.8, 4) is 11.3 Å². The first-order chi connectivity index (χ1) is 17.5. The maximum absolute atomic E-state index is 12.0. The van der Waals surface area contributed by atoms with Gasteiger partial charge in [0, 0.05) is 50.8 Å². The van der Waals surface area contributed by atoms with Crippen LogP contribution in [0.5, 0.6) is 0 Å². The molecule has 1 N–H and O–H groups in total. The molecule has 2 aliphatic heterocycles. The van der Waals surface area contributed by atoms with Crippen LogP contribution in [0.2, 0.25) is 0 Å². The van der Waals surface area contributed by atoms with Gasteiger partial charge in [0.1, 0.15) is 4.60 Å². The molecule has 0 saturated carbocycles. The van der Waals surface area contributed by atoms with Gasteiger partial charge in [-0.25, -0.2) is 9.97 Å². The number of benzene rings is 2. The molecular formula is C27H25BrN6O2. The number of rotatable bonds is 4. The van der Waals surface area contributed by atoms with Gasteiger partial charge in [-0.2, -0.15) is 0 Å². The van der Waals surface area contributed by atoms with Crippen LogP contribution in [0.15, 0.2) is 59.3 Å². The third kappa shape index (κ3) is 4.03. The molecule has 182 valence electrons. The summed E-state index contributed by atoms with van der Waals surface area (Å²) in [5.41, 5.74) is 6.72. The van der Waals surface area contributed by atoms with Crippen LogP contribution in [0, 0.1) is 0 Å². The monoisotopic (exact) mass is 544 g/mol. The van der Waals surface area contributed by atoms with E-state index in [4.69, 9.17) is 9.97 Å². The molecule has 0 radical (unpaired) electrons. The Morgan fingerprint density at radius 2 is 1.86 bits per heavy atom. The number of aromatic nitrogens is 3. The van der Waals surface area contributed by atoms with E-state index in [0.29, 0.717) is 39.0 Å². The third-order valence-electron chi connectivity index (χ3n) is 6.90. The van der Waals surface area contributed by atoms with Crippen molar-refractivity contribution in [3.63, 3.8) is 0 Å². The molecule has 0 spiro atoms. The van der Waals surface area contributed by atoms with Crippen LogP contribution < -0.4 is 10.2 Å². The summed E-state index contributed by atoms with van der Waals surface area (Å²) in [5, 5.41) is 2.92. The highest BCUT2D eigenvalue weighted by molar-refractivity contribution is 9.10. The zero-order valence-electron chi connectivity index (χ0n) is 19.9. The van der Waals surface area contributed by atoms with E-state index in [9.17, 15) is 9.59 Å². The molecule has 2 aromatic heterocycles. The van der Waals surface area contributed by atoms with E-state index in [1.165, 1.54) is 5.56 Å². The van der Waals surface area contributed by atoms with Gasteiger partial charge in [0.25, 0.3) is 0 Å². The summed E-state index contributed by atoms with van der Waals surface area (Å²) in [6.45, 7) is 4.34. The Bertz CT molecular complexity index is 1490. The molecule has 6 rings (SSSR count). The van der Waals surface area contributed by atoms with Crippen molar-refractivity contribution in [1.82, 2.24) is 19.3 Å². The highest BCUT2D eigenvalue weighted by atomic mass is 79.9. The lowest BCUT2D eigenvalue weighted by atomic mass is 10.0. The smallest absolute Gasteiger partial charge is 0.228 e. The van der Waals surface area contributed by atoms with Crippen LogP contribution >= 0.6 is 15.9 Å². The molecule has 4 aromatic rings. The molecule has 8 nitrogen and oxygen atoms in total. The molecule has 2 aliphatic rings. The highest BCUT2D eigenvalue weighted by Gasteiger charge is 2.26. The number of nitrogens with one attached hydrogen (secondary N) is 1. The van der Waals surface area contributed by atoms with E-state index in [-0.39, 0.29) is 11.8 Å². The summed E-state index contributed by atoms with van der Waals surface area (Å²) in [5.74, 6) is 0.920. The number of piperazine rings is 1. The SMILES string of the molecule is CC(=O)N1CCN(c2ncc(Br)n3c(-c4ccc5c(c4)CC(=O)N5)c(Cc4ccccc4)nc23)CC1. The van der Waals surface area contributed by atoms with Crippen molar-refractivity contribution in [3.05, 3.63) is 76.2 Å². The van der Waals surface area contributed by atoms with E-state index in [2.05, 4.69) is 48.7 Å². The zero-order valence-corrected chi connectivity index (χ0v) is 21.5. The predicted molar refractivity (Wildman–Crippen MR) is 142 cm³/mol. The van der Waals surface area contributed by atoms with Gasteiger partial charge in [0.05, 0.1) is 24.0 Å². The van der Waals surface area contributed by atoms with Crippen LogP contribution in [-0.2, 0) is 22.4 Å². The molecule has 0 aliphatic carbocycles. The minimum absolute atomic E-state index is 0.0159. The van der Waals surface area contributed by atoms with Crippen LogP contribution in [0.3, 0.4) is 0 Å². The molecule has 2 aromatic carbocycles. The topological polar surface area (TPSA) is 82.8 Å². The second-order valence-corrected chi connectivity index (χ2v) is 10.0. The van der Waals surface area contributed by atoms with E-state index < -0.39 is 0 Å². The number of halogens is 1. The average Bonchev–Trinajstić information content (AvgIpc) is 3.44. The third-order valence-corrected chi connectivity index (χ3v) is 7.46.